The molecule has 1 aromatic heterocycles. The van der Waals surface area contributed by atoms with Crippen molar-refractivity contribution in [2.75, 3.05) is 6.61 Å². The van der Waals surface area contributed by atoms with Gasteiger partial charge in [0.1, 0.15) is 16.9 Å². The summed E-state index contributed by atoms with van der Waals surface area (Å²) >= 11 is 0. The van der Waals surface area contributed by atoms with Gasteiger partial charge in [0.05, 0.1) is 6.17 Å². The van der Waals surface area contributed by atoms with Gasteiger partial charge < -0.3 is 30.0 Å². The summed E-state index contributed by atoms with van der Waals surface area (Å²) in [6, 6.07) is 6.76. The maximum absolute atomic E-state index is 13.0. The monoisotopic (exact) mass is 466 g/mol. The molecule has 0 saturated heterocycles. The Morgan fingerprint density at radius 1 is 1.38 bits per heavy atom. The largest absolute Gasteiger partial charge is 0.482 e. The zero-order chi connectivity index (χ0) is 24.5. The zero-order valence-corrected chi connectivity index (χ0v) is 19.6. The van der Waals surface area contributed by atoms with Crippen molar-refractivity contribution in [2.24, 2.45) is 5.73 Å². The lowest BCUT2D eigenvalue weighted by molar-refractivity contribution is -0.174. The van der Waals surface area contributed by atoms with Crippen LogP contribution in [0.2, 0.25) is 0 Å². The van der Waals surface area contributed by atoms with E-state index >= 15 is 0 Å². The highest BCUT2D eigenvalue weighted by atomic mass is 16.6. The van der Waals surface area contributed by atoms with Gasteiger partial charge in [-0.2, -0.15) is 0 Å². The number of fused-ring (bicyclic) bond motifs is 2. The Kier molecular flexibility index (Phi) is 6.38. The second-order valence-electron chi connectivity index (χ2n) is 9.16. The van der Waals surface area contributed by atoms with Crippen LogP contribution in [0.25, 0.3) is 11.0 Å². The molecule has 2 aliphatic heterocycles. The second-order valence-corrected chi connectivity index (χ2v) is 9.16. The molecule has 3 heterocycles. The molecule has 0 amide bonds. The number of ether oxygens (including phenoxy) is 2. The molecule has 8 heteroatoms. The summed E-state index contributed by atoms with van der Waals surface area (Å²) in [5.74, 6) is 0.0857. The lowest BCUT2D eigenvalue weighted by Gasteiger charge is -2.43. The first-order chi connectivity index (χ1) is 16.2. The molecule has 0 saturated carbocycles. The Hall–Kier alpha value is -3.36. The highest BCUT2D eigenvalue weighted by molar-refractivity contribution is 5.88. The van der Waals surface area contributed by atoms with E-state index < -0.39 is 22.8 Å². The summed E-state index contributed by atoms with van der Waals surface area (Å²) in [5.41, 5.74) is 6.16. The van der Waals surface area contributed by atoms with Crippen LogP contribution in [-0.4, -0.2) is 35.1 Å². The molecule has 1 unspecified atom stereocenters. The van der Waals surface area contributed by atoms with Crippen LogP contribution in [0.1, 0.15) is 39.2 Å². The van der Waals surface area contributed by atoms with Crippen LogP contribution in [0.5, 0.6) is 5.75 Å². The summed E-state index contributed by atoms with van der Waals surface area (Å²) < 4.78 is 17.9. The van der Waals surface area contributed by atoms with E-state index in [1.807, 2.05) is 38.3 Å². The number of rotatable bonds is 7. The van der Waals surface area contributed by atoms with Crippen molar-refractivity contribution in [3.8, 4) is 5.75 Å². The third kappa shape index (κ3) is 4.51. The Labute approximate surface area is 197 Å². The van der Waals surface area contributed by atoms with Crippen LogP contribution in [0.15, 0.2) is 69.1 Å². The molecule has 2 atom stereocenters. The van der Waals surface area contributed by atoms with Crippen LogP contribution in [0.4, 0.5) is 0 Å². The molecule has 2 aliphatic rings. The zero-order valence-electron chi connectivity index (χ0n) is 19.6. The first-order valence-corrected chi connectivity index (χ1v) is 11.3. The van der Waals surface area contributed by atoms with E-state index in [4.69, 9.17) is 19.6 Å². The van der Waals surface area contributed by atoms with E-state index in [2.05, 4.69) is 5.32 Å². The fourth-order valence-corrected chi connectivity index (χ4v) is 4.43. The molecule has 0 bridgehead atoms. The predicted octanol–water partition coefficient (Wildman–Crippen LogP) is 2.84. The van der Waals surface area contributed by atoms with Crippen LogP contribution >= 0.6 is 0 Å². The van der Waals surface area contributed by atoms with Crippen molar-refractivity contribution in [2.45, 2.75) is 57.4 Å². The highest BCUT2D eigenvalue weighted by Crippen LogP contribution is 2.47. The quantitative estimate of drug-likeness (QED) is 0.323. The van der Waals surface area contributed by atoms with Crippen molar-refractivity contribution in [3.05, 3.63) is 75.8 Å². The topological polar surface area (TPSA) is 124 Å². The average molecular weight is 467 g/mol. The Morgan fingerprint density at radius 3 is 2.85 bits per heavy atom. The number of aliphatic hydroxyl groups excluding tert-OH is 1. The van der Waals surface area contributed by atoms with Gasteiger partial charge in [0.2, 0.25) is 0 Å². The van der Waals surface area contributed by atoms with Gasteiger partial charge in [0.25, 0.3) is 0 Å². The highest BCUT2D eigenvalue weighted by Gasteiger charge is 2.54. The van der Waals surface area contributed by atoms with E-state index in [0.29, 0.717) is 29.7 Å². The number of nitrogens with two attached hydrogens (primary N) is 1. The minimum Gasteiger partial charge on any atom is -0.482 e. The second kappa shape index (κ2) is 9.12. The molecular formula is C26H30N2O6. The maximum atomic E-state index is 13.0. The number of hydrogen-bond donors (Lipinski definition) is 3. The summed E-state index contributed by atoms with van der Waals surface area (Å²) in [6.45, 7) is 5.25. The Balaban J connectivity index is 1.73. The molecule has 0 spiro atoms. The van der Waals surface area contributed by atoms with Crippen LogP contribution in [0.3, 0.4) is 0 Å². The number of allylic oxidation sites excluding steroid dienone is 2. The van der Waals surface area contributed by atoms with Gasteiger partial charge in [-0.3, -0.25) is 0 Å². The van der Waals surface area contributed by atoms with Gasteiger partial charge in [0.15, 0.2) is 5.60 Å². The SMILES string of the molecule is C/C=C(\CCO)C(=O)OC(C)(C)[C@]1(CC2=CNC(N)C=C2)Cc2cc3ccc(=O)oc3cc2O1. The van der Waals surface area contributed by atoms with E-state index in [9.17, 15) is 14.7 Å². The van der Waals surface area contributed by atoms with Crippen LogP contribution in [0, 0.1) is 0 Å². The first-order valence-electron chi connectivity index (χ1n) is 11.3. The lowest BCUT2D eigenvalue weighted by atomic mass is 9.77. The van der Waals surface area contributed by atoms with E-state index in [0.717, 1.165) is 16.5 Å². The van der Waals surface area contributed by atoms with Crippen LogP contribution < -0.4 is 21.4 Å². The number of carbonyl (C=O) groups is 1. The van der Waals surface area contributed by atoms with Crippen molar-refractivity contribution in [3.63, 3.8) is 0 Å². The van der Waals surface area contributed by atoms with Crippen molar-refractivity contribution in [1.29, 1.82) is 0 Å². The number of aliphatic hydroxyl groups is 1. The third-order valence-electron chi connectivity index (χ3n) is 6.49. The van der Waals surface area contributed by atoms with Gasteiger partial charge in [-0.25, -0.2) is 9.59 Å². The number of esters is 1. The number of benzene rings is 1. The first kappa shape index (κ1) is 23.8. The van der Waals surface area contributed by atoms with Gasteiger partial charge in [-0.15, -0.1) is 0 Å². The number of hydrogen-bond acceptors (Lipinski definition) is 8. The normalized spacial score (nSPS) is 22.1. The van der Waals surface area contributed by atoms with Gasteiger partial charge in [-0.05, 0) is 50.1 Å². The molecule has 0 radical (unpaired) electrons. The van der Waals surface area contributed by atoms with Crippen molar-refractivity contribution >= 4 is 16.9 Å². The van der Waals surface area contributed by atoms with Gasteiger partial charge in [-0.1, -0.05) is 12.2 Å². The van der Waals surface area contributed by atoms with E-state index in [1.54, 1.807) is 25.1 Å². The lowest BCUT2D eigenvalue weighted by Crippen LogP contribution is -2.56. The number of nitrogens with one attached hydrogen (secondary N) is 1. The van der Waals surface area contributed by atoms with Gasteiger partial charge in [0, 0.05) is 55.2 Å². The number of dihydropyridines is 1. The fourth-order valence-electron chi connectivity index (χ4n) is 4.43. The molecule has 34 heavy (non-hydrogen) atoms. The van der Waals surface area contributed by atoms with Crippen LogP contribution in [-0.2, 0) is 16.0 Å². The average Bonchev–Trinajstić information content (AvgIpc) is 3.15. The molecule has 4 N–H and O–H groups in total. The molecule has 1 aromatic carbocycles. The molecule has 4 rings (SSSR count). The summed E-state index contributed by atoms with van der Waals surface area (Å²) in [5, 5.41) is 13.2. The standard InChI is InChI=1S/C26H30N2O6/c1-4-17(9-10-29)24(31)34-25(2,3)26(13-16-5-7-22(27)28-15-16)14-19-11-18-6-8-23(30)32-20(18)12-21(19)33-26/h4-8,11-12,15,22,28-29H,9-10,13-14,27H2,1-3H3/b17-4+/t22?,26-/m0/s1. The minimum atomic E-state index is -1.06. The maximum Gasteiger partial charge on any atom is 0.336 e. The van der Waals surface area contributed by atoms with Gasteiger partial charge >= 0.3 is 11.6 Å². The van der Waals surface area contributed by atoms with Crippen molar-refractivity contribution in [1.82, 2.24) is 5.32 Å². The molecule has 8 nitrogen and oxygen atoms in total. The fraction of sp³-hybridized carbons (Fsp3) is 0.385. The smallest absolute Gasteiger partial charge is 0.336 e. The molecule has 180 valence electrons. The summed E-state index contributed by atoms with van der Waals surface area (Å²) in [7, 11) is 0. The number of carbonyl (C=O) groups excluding carboxylic acids is 1. The molecule has 0 aliphatic carbocycles. The predicted molar refractivity (Wildman–Crippen MR) is 128 cm³/mol. The summed E-state index contributed by atoms with van der Waals surface area (Å²) in [4.78, 5) is 24.7. The third-order valence-corrected chi connectivity index (χ3v) is 6.49. The van der Waals surface area contributed by atoms with Crippen molar-refractivity contribution < 1.29 is 23.8 Å². The molecule has 2 aromatic rings. The molecule has 0 fully saturated rings. The Bertz CT molecular complexity index is 1260. The van der Waals surface area contributed by atoms with E-state index in [1.165, 1.54) is 6.07 Å². The van der Waals surface area contributed by atoms with E-state index in [-0.39, 0.29) is 19.2 Å². The minimum absolute atomic E-state index is 0.149. The molecular weight excluding hydrogens is 436 g/mol. The summed E-state index contributed by atoms with van der Waals surface area (Å²) in [6.07, 6.45) is 8.13. The Morgan fingerprint density at radius 2 is 2.18 bits per heavy atom.